The number of hydrogen-bond donors (Lipinski definition) is 0. The van der Waals surface area contributed by atoms with Gasteiger partial charge in [0, 0.05) is 30.2 Å². The van der Waals surface area contributed by atoms with Crippen molar-refractivity contribution in [1.29, 1.82) is 0 Å². The van der Waals surface area contributed by atoms with Crippen LogP contribution in [0.4, 0.5) is 5.69 Å². The number of nitrogens with zero attached hydrogens (tertiary/aromatic N) is 1. The molecule has 24 heavy (non-hydrogen) atoms. The molecule has 0 heterocycles. The molecule has 0 aliphatic heterocycles. The van der Waals surface area contributed by atoms with Crippen LogP contribution in [0.2, 0.25) is 0 Å². The van der Waals surface area contributed by atoms with Gasteiger partial charge in [-0.15, -0.1) is 0 Å². The van der Waals surface area contributed by atoms with Crippen LogP contribution in [-0.4, -0.2) is 10.9 Å². The lowest BCUT2D eigenvalue weighted by Crippen LogP contribution is -2.00. The van der Waals surface area contributed by atoms with Crippen molar-refractivity contribution in [3.05, 3.63) is 88.0 Å². The molecule has 2 rings (SSSR count). The summed E-state index contributed by atoms with van der Waals surface area (Å²) in [5.74, 6) is 5.44. The van der Waals surface area contributed by atoms with Crippen molar-refractivity contribution in [1.82, 2.24) is 0 Å². The molecular formula is C19H15NO4. The zero-order valence-electron chi connectivity index (χ0n) is 12.8. The van der Waals surface area contributed by atoms with E-state index in [1.807, 2.05) is 30.3 Å². The van der Waals surface area contributed by atoms with E-state index in [-0.39, 0.29) is 12.3 Å². The van der Waals surface area contributed by atoms with Crippen molar-refractivity contribution in [2.45, 2.75) is 13.0 Å². The lowest BCUT2D eigenvalue weighted by atomic mass is 10.2. The fourth-order valence-electron chi connectivity index (χ4n) is 1.81. The minimum atomic E-state index is -0.477. The number of benzene rings is 2. The van der Waals surface area contributed by atoms with Crippen molar-refractivity contribution < 1.29 is 14.5 Å². The van der Waals surface area contributed by atoms with E-state index >= 15 is 0 Å². The van der Waals surface area contributed by atoms with E-state index in [0.717, 1.165) is 5.56 Å². The highest BCUT2D eigenvalue weighted by molar-refractivity contribution is 5.81. The molecule has 0 saturated carbocycles. The van der Waals surface area contributed by atoms with E-state index in [1.54, 1.807) is 18.2 Å². The predicted molar refractivity (Wildman–Crippen MR) is 90.0 cm³/mol. The van der Waals surface area contributed by atoms with Gasteiger partial charge in [-0.1, -0.05) is 36.1 Å². The number of allylic oxidation sites excluding steroid dienone is 1. The van der Waals surface area contributed by atoms with Crippen LogP contribution in [0.15, 0.2) is 66.7 Å². The smallest absolute Gasteiger partial charge is 0.330 e. The highest BCUT2D eigenvalue weighted by Gasteiger charge is 2.04. The summed E-state index contributed by atoms with van der Waals surface area (Å²) in [6.07, 6.45) is 3.40. The highest BCUT2D eigenvalue weighted by Crippen LogP contribution is 2.12. The van der Waals surface area contributed by atoms with Crippen LogP contribution in [0.1, 0.15) is 17.5 Å². The average Bonchev–Trinajstić information content (AvgIpc) is 2.61. The summed E-state index contributed by atoms with van der Waals surface area (Å²) in [7, 11) is 0. The second kappa shape index (κ2) is 8.91. The first-order valence-corrected chi connectivity index (χ1v) is 7.26. The molecular weight excluding hydrogens is 306 g/mol. The molecule has 0 aromatic heterocycles. The standard InChI is InChI=1S/C19H15NO4/c21-19(10-6-2-5-9-16-7-3-1-4-8-16)24-15-17-11-13-18(14-12-17)20(22)23/h1,3-4,6-8,10-14H,2,15H2/b10-6-. The van der Waals surface area contributed by atoms with E-state index in [9.17, 15) is 14.9 Å². The van der Waals surface area contributed by atoms with Crippen LogP contribution in [0, 0.1) is 22.0 Å². The summed E-state index contributed by atoms with van der Waals surface area (Å²) in [5, 5.41) is 10.5. The molecule has 0 amide bonds. The number of non-ortho nitro benzene ring substituents is 1. The predicted octanol–water partition coefficient (Wildman–Crippen LogP) is 3.64. The minimum Gasteiger partial charge on any atom is -0.458 e. The van der Waals surface area contributed by atoms with Crippen LogP contribution >= 0.6 is 0 Å². The van der Waals surface area contributed by atoms with E-state index < -0.39 is 10.9 Å². The fraction of sp³-hybridized carbons (Fsp3) is 0.105. The van der Waals surface area contributed by atoms with Gasteiger partial charge in [0.05, 0.1) is 4.92 Å². The molecule has 0 bridgehead atoms. The van der Waals surface area contributed by atoms with E-state index in [0.29, 0.717) is 12.0 Å². The Morgan fingerprint density at radius 3 is 2.50 bits per heavy atom. The van der Waals surface area contributed by atoms with Crippen molar-refractivity contribution in [2.24, 2.45) is 0 Å². The third-order valence-corrected chi connectivity index (χ3v) is 3.01. The van der Waals surface area contributed by atoms with Gasteiger partial charge >= 0.3 is 5.97 Å². The van der Waals surface area contributed by atoms with Crippen LogP contribution in [0.3, 0.4) is 0 Å². The van der Waals surface area contributed by atoms with Crippen LogP contribution in [-0.2, 0) is 16.1 Å². The highest BCUT2D eigenvalue weighted by atomic mass is 16.6. The lowest BCUT2D eigenvalue weighted by Gasteiger charge is -2.01. The Morgan fingerprint density at radius 2 is 1.83 bits per heavy atom. The molecule has 0 fully saturated rings. The number of nitro groups is 1. The van der Waals surface area contributed by atoms with Crippen molar-refractivity contribution in [3.63, 3.8) is 0 Å². The summed E-state index contributed by atoms with van der Waals surface area (Å²) in [5.41, 5.74) is 1.61. The lowest BCUT2D eigenvalue weighted by molar-refractivity contribution is -0.384. The van der Waals surface area contributed by atoms with E-state index in [2.05, 4.69) is 11.8 Å². The Balaban J connectivity index is 1.75. The maximum atomic E-state index is 11.6. The summed E-state index contributed by atoms with van der Waals surface area (Å²) in [6, 6.07) is 15.4. The van der Waals surface area contributed by atoms with Crippen molar-refractivity contribution >= 4 is 11.7 Å². The van der Waals surface area contributed by atoms with Gasteiger partial charge in [0.1, 0.15) is 6.61 Å². The van der Waals surface area contributed by atoms with Crippen LogP contribution < -0.4 is 0 Å². The van der Waals surface area contributed by atoms with Crippen molar-refractivity contribution in [3.8, 4) is 11.8 Å². The number of rotatable bonds is 5. The van der Waals surface area contributed by atoms with Gasteiger partial charge in [0.2, 0.25) is 0 Å². The fourth-order valence-corrected chi connectivity index (χ4v) is 1.81. The van der Waals surface area contributed by atoms with Gasteiger partial charge in [-0.2, -0.15) is 0 Å². The Hall–Kier alpha value is -3.39. The first-order valence-electron chi connectivity index (χ1n) is 7.26. The molecule has 0 radical (unpaired) electrons. The van der Waals surface area contributed by atoms with Gasteiger partial charge in [0.25, 0.3) is 5.69 Å². The maximum Gasteiger partial charge on any atom is 0.330 e. The second-order valence-corrected chi connectivity index (χ2v) is 4.81. The molecule has 2 aromatic rings. The summed E-state index contributed by atoms with van der Waals surface area (Å²) in [6.45, 7) is 0.0663. The van der Waals surface area contributed by atoms with Gasteiger partial charge in [-0.3, -0.25) is 10.1 Å². The second-order valence-electron chi connectivity index (χ2n) is 4.81. The molecule has 0 aliphatic carbocycles. The number of nitro benzene ring substituents is 1. The average molecular weight is 321 g/mol. The molecule has 0 unspecified atom stereocenters. The Kier molecular flexibility index (Phi) is 6.30. The van der Waals surface area contributed by atoms with Gasteiger partial charge in [-0.05, 0) is 29.8 Å². The minimum absolute atomic E-state index is 0.00182. The SMILES string of the molecule is O=C(/C=C\CC#Cc1ccccc1)OCc1ccc([N+](=O)[O-])cc1. The molecule has 0 N–H and O–H groups in total. The first-order chi connectivity index (χ1) is 11.6. The molecule has 0 spiro atoms. The normalized spacial score (nSPS) is 10.0. The Bertz CT molecular complexity index is 784. The number of ether oxygens (including phenoxy) is 1. The number of carbonyl (C=O) groups is 1. The van der Waals surface area contributed by atoms with E-state index in [1.165, 1.54) is 18.2 Å². The van der Waals surface area contributed by atoms with Gasteiger partial charge < -0.3 is 4.74 Å². The summed E-state index contributed by atoms with van der Waals surface area (Å²) < 4.78 is 5.05. The molecule has 5 heteroatoms. The number of esters is 1. The Morgan fingerprint density at radius 1 is 1.12 bits per heavy atom. The largest absolute Gasteiger partial charge is 0.458 e. The molecule has 2 aromatic carbocycles. The molecule has 5 nitrogen and oxygen atoms in total. The van der Waals surface area contributed by atoms with Gasteiger partial charge in [-0.25, -0.2) is 4.79 Å². The zero-order valence-corrected chi connectivity index (χ0v) is 12.8. The monoisotopic (exact) mass is 321 g/mol. The third kappa shape index (κ3) is 5.78. The number of hydrogen-bond acceptors (Lipinski definition) is 4. The third-order valence-electron chi connectivity index (χ3n) is 3.01. The Labute approximate surface area is 139 Å². The zero-order chi connectivity index (χ0) is 17.2. The first kappa shape index (κ1) is 17.0. The van der Waals surface area contributed by atoms with E-state index in [4.69, 9.17) is 4.74 Å². The molecule has 0 atom stereocenters. The quantitative estimate of drug-likeness (QED) is 0.277. The van der Waals surface area contributed by atoms with Gasteiger partial charge in [0.15, 0.2) is 0 Å². The summed E-state index contributed by atoms with van der Waals surface area (Å²) >= 11 is 0. The molecule has 0 aliphatic rings. The van der Waals surface area contributed by atoms with Crippen LogP contribution in [0.25, 0.3) is 0 Å². The number of carbonyl (C=O) groups excluding carboxylic acids is 1. The maximum absolute atomic E-state index is 11.6. The molecule has 0 saturated heterocycles. The topological polar surface area (TPSA) is 69.4 Å². The van der Waals surface area contributed by atoms with Crippen molar-refractivity contribution in [2.75, 3.05) is 0 Å². The van der Waals surface area contributed by atoms with Crippen LogP contribution in [0.5, 0.6) is 0 Å². The summed E-state index contributed by atoms with van der Waals surface area (Å²) in [4.78, 5) is 21.6. The molecule has 120 valence electrons.